The summed E-state index contributed by atoms with van der Waals surface area (Å²) in [7, 11) is 0. The Kier molecular flexibility index (Phi) is 6.75. The van der Waals surface area contributed by atoms with Gasteiger partial charge in [-0.25, -0.2) is 4.98 Å². The summed E-state index contributed by atoms with van der Waals surface area (Å²) >= 11 is 0. The van der Waals surface area contributed by atoms with E-state index < -0.39 is 6.10 Å². The fourth-order valence-corrected chi connectivity index (χ4v) is 5.04. The highest BCUT2D eigenvalue weighted by molar-refractivity contribution is 6.04. The number of nitrogens with one attached hydrogen (secondary N) is 1. The Balaban J connectivity index is 1.63. The summed E-state index contributed by atoms with van der Waals surface area (Å²) in [6, 6.07) is 7.25. The van der Waals surface area contributed by atoms with E-state index in [9.17, 15) is 14.7 Å². The van der Waals surface area contributed by atoms with E-state index in [2.05, 4.69) is 22.0 Å². The lowest BCUT2D eigenvalue weighted by Crippen LogP contribution is -2.34. The van der Waals surface area contributed by atoms with Crippen molar-refractivity contribution in [1.82, 2.24) is 29.2 Å². The second-order valence-electron chi connectivity index (χ2n) is 9.66. The quantitative estimate of drug-likeness (QED) is 0.391. The van der Waals surface area contributed by atoms with Gasteiger partial charge in [0.2, 0.25) is 11.9 Å². The molecule has 192 valence electrons. The number of aromatic nitrogens is 5. The summed E-state index contributed by atoms with van der Waals surface area (Å²) in [6.45, 7) is 8.73. The van der Waals surface area contributed by atoms with Gasteiger partial charge in [-0.15, -0.1) is 0 Å². The summed E-state index contributed by atoms with van der Waals surface area (Å²) in [5.74, 6) is 0.0427. The predicted octanol–water partition coefficient (Wildman–Crippen LogP) is 3.46. The number of amides is 2. The molecule has 10 heteroatoms. The Bertz CT molecular complexity index is 1490. The maximum absolute atomic E-state index is 13.2. The molecule has 4 aromatic rings. The number of fused-ring (bicyclic) bond motifs is 2. The Morgan fingerprint density at radius 3 is 2.86 bits per heavy atom. The van der Waals surface area contributed by atoms with Gasteiger partial charge in [0.15, 0.2) is 0 Å². The molecule has 5 rings (SSSR count). The van der Waals surface area contributed by atoms with Crippen LogP contribution in [0.15, 0.2) is 49.3 Å². The van der Waals surface area contributed by atoms with Gasteiger partial charge in [-0.1, -0.05) is 6.58 Å². The molecule has 37 heavy (non-hydrogen) atoms. The van der Waals surface area contributed by atoms with E-state index in [4.69, 9.17) is 4.98 Å². The first-order chi connectivity index (χ1) is 17.8. The fraction of sp³-hybridized carbons (Fsp3) is 0.370. The highest BCUT2D eigenvalue weighted by atomic mass is 16.3. The molecular weight excluding hydrogens is 470 g/mol. The van der Waals surface area contributed by atoms with Crippen molar-refractivity contribution in [3.05, 3.63) is 60.6 Å². The van der Waals surface area contributed by atoms with Gasteiger partial charge >= 0.3 is 0 Å². The lowest BCUT2D eigenvalue weighted by molar-refractivity contribution is -0.126. The van der Waals surface area contributed by atoms with Crippen LogP contribution in [0.5, 0.6) is 0 Å². The summed E-state index contributed by atoms with van der Waals surface area (Å²) in [5, 5.41) is 18.3. The second kappa shape index (κ2) is 10.1. The van der Waals surface area contributed by atoms with E-state index >= 15 is 0 Å². The number of hydrogen-bond donors (Lipinski definition) is 2. The molecule has 1 aliphatic rings. The van der Waals surface area contributed by atoms with Crippen molar-refractivity contribution in [2.75, 3.05) is 18.4 Å². The molecule has 1 saturated heterocycles. The molecule has 1 aromatic carbocycles. The van der Waals surface area contributed by atoms with E-state index in [0.29, 0.717) is 31.1 Å². The van der Waals surface area contributed by atoms with Gasteiger partial charge < -0.3 is 14.6 Å². The molecule has 4 heterocycles. The average Bonchev–Trinajstić information content (AvgIpc) is 3.31. The number of aryl methyl sites for hydroxylation is 1. The maximum Gasteiger partial charge on any atom is 0.258 e. The average molecular weight is 502 g/mol. The van der Waals surface area contributed by atoms with Gasteiger partial charge in [0.1, 0.15) is 0 Å². The van der Waals surface area contributed by atoms with Crippen LogP contribution in [-0.4, -0.2) is 65.3 Å². The number of rotatable bonds is 6. The summed E-state index contributed by atoms with van der Waals surface area (Å²) in [4.78, 5) is 36.6. The lowest BCUT2D eigenvalue weighted by Gasteiger charge is -2.26. The maximum atomic E-state index is 13.2. The molecule has 2 N–H and O–H groups in total. The van der Waals surface area contributed by atoms with Crippen LogP contribution in [0.2, 0.25) is 0 Å². The first-order valence-electron chi connectivity index (χ1n) is 12.5. The number of aliphatic hydroxyl groups excluding tert-OH is 1. The summed E-state index contributed by atoms with van der Waals surface area (Å²) < 4.78 is 3.81. The van der Waals surface area contributed by atoms with Gasteiger partial charge in [0.05, 0.1) is 41.4 Å². The number of nitrogens with zero attached hydrogens (tertiary/aromatic N) is 6. The molecule has 0 aliphatic carbocycles. The standard InChI is InChI=1S/C27H31N7O3/c1-4-25(36)32-10-6-5-7-21(16-32)34-24-13-23-20(14-29-33(23)15-18(3)35)12-22(24)30-27(34)31-26(37)19-8-9-28-17(2)11-19/h4,8-9,11-14,18,21,35H,1,5-7,10,15-16H2,2-3H3,(H,30,31,37)/t18-,21+/m0/s1. The van der Waals surface area contributed by atoms with E-state index in [0.717, 1.165) is 46.9 Å². The monoisotopic (exact) mass is 501 g/mol. The number of benzene rings is 1. The topological polar surface area (TPSA) is 118 Å². The smallest absolute Gasteiger partial charge is 0.258 e. The number of anilines is 1. The minimum absolute atomic E-state index is 0.100. The highest BCUT2D eigenvalue weighted by Gasteiger charge is 2.27. The van der Waals surface area contributed by atoms with Crippen LogP contribution in [0, 0.1) is 6.92 Å². The number of pyridine rings is 1. The van der Waals surface area contributed by atoms with Gasteiger partial charge in [-0.3, -0.25) is 24.6 Å². The number of carbonyl (C=O) groups excluding carboxylic acids is 2. The molecule has 0 unspecified atom stereocenters. The van der Waals surface area contributed by atoms with Gasteiger partial charge in [0.25, 0.3) is 5.91 Å². The van der Waals surface area contributed by atoms with Crippen molar-refractivity contribution in [1.29, 1.82) is 0 Å². The second-order valence-corrected chi connectivity index (χ2v) is 9.66. The van der Waals surface area contributed by atoms with E-state index in [1.165, 1.54) is 6.08 Å². The third kappa shape index (κ3) is 4.97. The minimum Gasteiger partial charge on any atom is -0.391 e. The Morgan fingerprint density at radius 2 is 2.11 bits per heavy atom. The van der Waals surface area contributed by atoms with E-state index in [-0.39, 0.29) is 17.9 Å². The van der Waals surface area contributed by atoms with Gasteiger partial charge in [-0.2, -0.15) is 5.10 Å². The fourth-order valence-electron chi connectivity index (χ4n) is 5.04. The Morgan fingerprint density at radius 1 is 1.27 bits per heavy atom. The zero-order valence-corrected chi connectivity index (χ0v) is 21.1. The lowest BCUT2D eigenvalue weighted by atomic mass is 10.1. The molecule has 1 fully saturated rings. The van der Waals surface area contributed by atoms with Crippen molar-refractivity contribution in [3.8, 4) is 0 Å². The normalized spacial score (nSPS) is 17.1. The molecule has 0 saturated carbocycles. The molecule has 2 amide bonds. The first-order valence-corrected chi connectivity index (χ1v) is 12.5. The van der Waals surface area contributed by atoms with Crippen molar-refractivity contribution in [2.45, 2.75) is 51.8 Å². The first kappa shape index (κ1) is 24.6. The Hall–Kier alpha value is -4.05. The molecule has 0 spiro atoms. The molecule has 10 nitrogen and oxygen atoms in total. The molecular formula is C27H31N7O3. The SMILES string of the molecule is C=CC(=O)N1CCCC[C@@H](n2c(NC(=O)c3ccnc(C)c3)nc3cc4cnn(C[C@H](C)O)c4cc32)C1. The highest BCUT2D eigenvalue weighted by Crippen LogP contribution is 2.33. The number of hydrogen-bond acceptors (Lipinski definition) is 6. The minimum atomic E-state index is -0.553. The number of imidazole rings is 1. The van der Waals surface area contributed by atoms with Gasteiger partial charge in [-0.05, 0) is 63.5 Å². The zero-order valence-electron chi connectivity index (χ0n) is 21.1. The van der Waals surface area contributed by atoms with Crippen LogP contribution in [0.3, 0.4) is 0 Å². The van der Waals surface area contributed by atoms with Crippen LogP contribution in [0.25, 0.3) is 21.9 Å². The van der Waals surface area contributed by atoms with E-state index in [1.807, 2.05) is 28.5 Å². The molecule has 1 aliphatic heterocycles. The third-order valence-corrected chi connectivity index (χ3v) is 6.77. The van der Waals surface area contributed by atoms with Gasteiger partial charge in [0, 0.05) is 35.9 Å². The van der Waals surface area contributed by atoms with Crippen molar-refractivity contribution in [3.63, 3.8) is 0 Å². The molecule has 3 aromatic heterocycles. The summed E-state index contributed by atoms with van der Waals surface area (Å²) in [6.07, 6.45) is 6.82. The van der Waals surface area contributed by atoms with Crippen LogP contribution in [0.4, 0.5) is 5.95 Å². The molecule has 0 bridgehead atoms. The summed E-state index contributed by atoms with van der Waals surface area (Å²) in [5.41, 5.74) is 3.66. The zero-order chi connectivity index (χ0) is 26.1. The molecule has 2 atom stereocenters. The number of aliphatic hydroxyl groups is 1. The van der Waals surface area contributed by atoms with Crippen molar-refractivity contribution in [2.24, 2.45) is 0 Å². The van der Waals surface area contributed by atoms with Crippen LogP contribution in [0.1, 0.15) is 48.3 Å². The third-order valence-electron chi connectivity index (χ3n) is 6.77. The van der Waals surface area contributed by atoms with Crippen LogP contribution >= 0.6 is 0 Å². The van der Waals surface area contributed by atoms with Crippen LogP contribution in [-0.2, 0) is 11.3 Å². The Labute approximate surface area is 214 Å². The number of carbonyl (C=O) groups is 2. The van der Waals surface area contributed by atoms with E-state index in [1.54, 1.807) is 36.1 Å². The largest absolute Gasteiger partial charge is 0.391 e. The van der Waals surface area contributed by atoms with Crippen molar-refractivity contribution < 1.29 is 14.7 Å². The molecule has 0 radical (unpaired) electrons. The predicted molar refractivity (Wildman–Crippen MR) is 141 cm³/mol. The van der Waals surface area contributed by atoms with Crippen LogP contribution < -0.4 is 5.32 Å². The number of likely N-dealkylation sites (tertiary alicyclic amines) is 1. The van der Waals surface area contributed by atoms with Crippen molar-refractivity contribution >= 4 is 39.7 Å².